The number of aromatic nitrogens is 2. The second kappa shape index (κ2) is 10.1. The SMILES string of the molecule is COC(=O)C1CCCN1C(=O)c1csc2c(=O)n(Cc3ccccc3C#N)c(N3CCCCC3)nc12. The van der Waals surface area contributed by atoms with E-state index in [0.717, 1.165) is 37.9 Å². The highest BCUT2D eigenvalue weighted by molar-refractivity contribution is 7.17. The lowest BCUT2D eigenvalue weighted by molar-refractivity contribution is -0.145. The van der Waals surface area contributed by atoms with Gasteiger partial charge in [0, 0.05) is 25.0 Å². The lowest BCUT2D eigenvalue weighted by Crippen LogP contribution is -2.41. The highest BCUT2D eigenvalue weighted by Gasteiger charge is 2.37. The first-order chi connectivity index (χ1) is 17.5. The minimum Gasteiger partial charge on any atom is -0.467 e. The normalized spacial score (nSPS) is 17.8. The van der Waals surface area contributed by atoms with Crippen molar-refractivity contribution in [1.29, 1.82) is 5.26 Å². The summed E-state index contributed by atoms with van der Waals surface area (Å²) >= 11 is 1.19. The Bertz CT molecular complexity index is 1420. The van der Waals surface area contributed by atoms with Crippen molar-refractivity contribution in [2.24, 2.45) is 0 Å². The summed E-state index contributed by atoms with van der Waals surface area (Å²) in [6.45, 7) is 2.20. The first-order valence-electron chi connectivity index (χ1n) is 12.2. The molecule has 4 heterocycles. The number of methoxy groups -OCH3 is 1. The number of hydrogen-bond acceptors (Lipinski definition) is 8. The molecule has 2 aliphatic heterocycles. The summed E-state index contributed by atoms with van der Waals surface area (Å²) in [4.78, 5) is 48.1. The first-order valence-corrected chi connectivity index (χ1v) is 13.0. The minimum atomic E-state index is -0.623. The Morgan fingerprint density at radius 3 is 2.69 bits per heavy atom. The molecule has 0 bridgehead atoms. The Kier molecular flexibility index (Phi) is 6.74. The predicted octanol–water partition coefficient (Wildman–Crippen LogP) is 3.15. The number of amides is 1. The molecule has 186 valence electrons. The molecule has 10 heteroatoms. The van der Waals surface area contributed by atoms with Gasteiger partial charge in [-0.15, -0.1) is 11.3 Å². The molecule has 0 aliphatic carbocycles. The number of hydrogen-bond donors (Lipinski definition) is 0. The van der Waals surface area contributed by atoms with Gasteiger partial charge in [0.15, 0.2) is 0 Å². The molecule has 1 amide bonds. The number of benzene rings is 1. The van der Waals surface area contributed by atoms with Crippen LogP contribution < -0.4 is 10.5 Å². The topological polar surface area (TPSA) is 109 Å². The van der Waals surface area contributed by atoms with E-state index >= 15 is 0 Å². The number of nitrogens with zero attached hydrogens (tertiary/aromatic N) is 5. The molecule has 0 saturated carbocycles. The van der Waals surface area contributed by atoms with Gasteiger partial charge >= 0.3 is 5.97 Å². The summed E-state index contributed by atoms with van der Waals surface area (Å²) in [5.74, 6) is -0.225. The van der Waals surface area contributed by atoms with Gasteiger partial charge in [-0.05, 0) is 43.7 Å². The van der Waals surface area contributed by atoms with E-state index in [-0.39, 0.29) is 18.0 Å². The van der Waals surface area contributed by atoms with Crippen molar-refractivity contribution in [3.05, 3.63) is 56.7 Å². The van der Waals surface area contributed by atoms with E-state index in [1.165, 1.54) is 23.3 Å². The summed E-state index contributed by atoms with van der Waals surface area (Å²) in [7, 11) is 1.32. The number of carbonyl (C=O) groups is 2. The van der Waals surface area contributed by atoms with Crippen LogP contribution in [0.4, 0.5) is 5.95 Å². The number of anilines is 1. The molecule has 5 rings (SSSR count). The van der Waals surface area contributed by atoms with Crippen molar-refractivity contribution < 1.29 is 14.3 Å². The van der Waals surface area contributed by atoms with Crippen LogP contribution in [0, 0.1) is 11.3 Å². The van der Waals surface area contributed by atoms with E-state index in [1.54, 1.807) is 22.1 Å². The Hall–Kier alpha value is -3.71. The van der Waals surface area contributed by atoms with Crippen LogP contribution in [0.25, 0.3) is 10.2 Å². The van der Waals surface area contributed by atoms with Crippen molar-refractivity contribution in [3.8, 4) is 6.07 Å². The van der Waals surface area contributed by atoms with Crippen molar-refractivity contribution >= 4 is 39.4 Å². The number of nitriles is 1. The molecule has 2 aliphatic rings. The molecule has 1 unspecified atom stereocenters. The minimum absolute atomic E-state index is 0.217. The lowest BCUT2D eigenvalue weighted by atomic mass is 10.1. The van der Waals surface area contributed by atoms with Gasteiger partial charge in [0.2, 0.25) is 5.95 Å². The Morgan fingerprint density at radius 1 is 1.17 bits per heavy atom. The zero-order valence-corrected chi connectivity index (χ0v) is 20.9. The van der Waals surface area contributed by atoms with Gasteiger partial charge in [-0.2, -0.15) is 5.26 Å². The maximum Gasteiger partial charge on any atom is 0.328 e. The molecule has 1 aromatic carbocycles. The molecule has 2 fully saturated rings. The number of rotatable bonds is 5. The number of carbonyl (C=O) groups excluding carboxylic acids is 2. The van der Waals surface area contributed by atoms with E-state index in [0.29, 0.717) is 46.7 Å². The summed E-state index contributed by atoms with van der Waals surface area (Å²) in [6, 6.07) is 8.82. The molecular weight excluding hydrogens is 478 g/mol. The first kappa shape index (κ1) is 24.0. The van der Waals surface area contributed by atoms with Crippen molar-refractivity contribution in [2.45, 2.75) is 44.7 Å². The molecule has 0 N–H and O–H groups in total. The van der Waals surface area contributed by atoms with Crippen LogP contribution >= 0.6 is 11.3 Å². The van der Waals surface area contributed by atoms with Crippen LogP contribution in [0.5, 0.6) is 0 Å². The molecule has 9 nitrogen and oxygen atoms in total. The summed E-state index contributed by atoms with van der Waals surface area (Å²) in [5, 5.41) is 11.2. The monoisotopic (exact) mass is 505 g/mol. The van der Waals surface area contributed by atoms with E-state index in [2.05, 4.69) is 11.0 Å². The number of thiophene rings is 1. The van der Waals surface area contributed by atoms with Crippen LogP contribution in [-0.2, 0) is 16.1 Å². The molecule has 36 heavy (non-hydrogen) atoms. The predicted molar refractivity (Wildman–Crippen MR) is 136 cm³/mol. The Labute approximate surface area is 212 Å². The third-order valence-electron chi connectivity index (χ3n) is 6.98. The lowest BCUT2D eigenvalue weighted by Gasteiger charge is -2.30. The van der Waals surface area contributed by atoms with Crippen LogP contribution in [0.15, 0.2) is 34.4 Å². The molecular formula is C26H27N5O4S. The highest BCUT2D eigenvalue weighted by Crippen LogP contribution is 2.29. The second-order valence-electron chi connectivity index (χ2n) is 9.13. The average molecular weight is 506 g/mol. The molecule has 0 spiro atoms. The fourth-order valence-electron chi connectivity index (χ4n) is 5.10. The maximum atomic E-state index is 13.8. The zero-order chi connectivity index (χ0) is 25.2. The zero-order valence-electron chi connectivity index (χ0n) is 20.1. The molecule has 0 radical (unpaired) electrons. The van der Waals surface area contributed by atoms with Crippen molar-refractivity contribution in [2.75, 3.05) is 31.6 Å². The van der Waals surface area contributed by atoms with E-state index in [9.17, 15) is 19.6 Å². The molecule has 2 aromatic heterocycles. The number of ether oxygens (including phenoxy) is 1. The Morgan fingerprint density at radius 2 is 1.94 bits per heavy atom. The smallest absolute Gasteiger partial charge is 0.328 e. The number of piperidine rings is 1. The van der Waals surface area contributed by atoms with Gasteiger partial charge in [-0.25, -0.2) is 9.78 Å². The third kappa shape index (κ3) is 4.24. The van der Waals surface area contributed by atoms with Gasteiger partial charge in [0.05, 0.1) is 30.9 Å². The van der Waals surface area contributed by atoms with Gasteiger partial charge in [0.1, 0.15) is 16.3 Å². The van der Waals surface area contributed by atoms with Crippen molar-refractivity contribution in [3.63, 3.8) is 0 Å². The average Bonchev–Trinajstić information content (AvgIpc) is 3.58. The van der Waals surface area contributed by atoms with E-state index < -0.39 is 12.0 Å². The standard InChI is InChI=1S/C26H27N5O4S/c1-35-25(34)20-10-7-13-30(20)23(32)19-16-36-22-21(19)28-26(29-11-5-2-6-12-29)31(24(22)33)15-18-9-4-3-8-17(18)14-27/h3-4,8-9,16,20H,2,5-7,10-13,15H2,1H3. The van der Waals surface area contributed by atoms with Gasteiger partial charge in [0.25, 0.3) is 11.5 Å². The fourth-order valence-corrected chi connectivity index (χ4v) is 6.03. The molecule has 3 aromatic rings. The van der Waals surface area contributed by atoms with Crippen LogP contribution in [0.2, 0.25) is 0 Å². The molecule has 1 atom stereocenters. The van der Waals surface area contributed by atoms with Crippen molar-refractivity contribution in [1.82, 2.24) is 14.5 Å². The van der Waals surface area contributed by atoms with Gasteiger partial charge in [-0.3, -0.25) is 14.2 Å². The summed E-state index contributed by atoms with van der Waals surface area (Å²) in [6.07, 6.45) is 4.37. The third-order valence-corrected chi connectivity index (χ3v) is 7.94. The summed E-state index contributed by atoms with van der Waals surface area (Å²) in [5.41, 5.74) is 1.73. The molecule has 2 saturated heterocycles. The fraction of sp³-hybridized carbons (Fsp3) is 0.423. The quantitative estimate of drug-likeness (QED) is 0.490. The van der Waals surface area contributed by atoms with Crippen LogP contribution in [-0.4, -0.2) is 59.1 Å². The van der Waals surface area contributed by atoms with Crippen LogP contribution in [0.1, 0.15) is 53.6 Å². The maximum absolute atomic E-state index is 13.8. The van der Waals surface area contributed by atoms with Crippen LogP contribution in [0.3, 0.4) is 0 Å². The highest BCUT2D eigenvalue weighted by atomic mass is 32.1. The summed E-state index contributed by atoms with van der Waals surface area (Å²) < 4.78 is 6.92. The number of fused-ring (bicyclic) bond motifs is 1. The number of esters is 1. The van der Waals surface area contributed by atoms with Gasteiger partial charge < -0.3 is 14.5 Å². The second-order valence-corrected chi connectivity index (χ2v) is 10.0. The largest absolute Gasteiger partial charge is 0.467 e. The van der Waals surface area contributed by atoms with E-state index in [4.69, 9.17) is 9.72 Å². The van der Waals surface area contributed by atoms with Gasteiger partial charge in [-0.1, -0.05) is 18.2 Å². The Balaban J connectivity index is 1.62. The number of likely N-dealkylation sites (tertiary alicyclic amines) is 1. The van der Waals surface area contributed by atoms with E-state index in [1.807, 2.05) is 12.1 Å².